The van der Waals surface area contributed by atoms with Gasteiger partial charge in [0.25, 0.3) is 0 Å². The summed E-state index contributed by atoms with van der Waals surface area (Å²) >= 11 is 3.02. The summed E-state index contributed by atoms with van der Waals surface area (Å²) in [6.45, 7) is -0.0134. The Bertz CT molecular complexity index is 920. The molecule has 13 heteroatoms. The van der Waals surface area contributed by atoms with Crippen molar-refractivity contribution in [2.45, 2.75) is 12.7 Å². The molecule has 0 saturated carbocycles. The van der Waals surface area contributed by atoms with Crippen LogP contribution in [0.5, 0.6) is 0 Å². The Morgan fingerprint density at radius 3 is 2.48 bits per heavy atom. The van der Waals surface area contributed by atoms with E-state index in [1.807, 2.05) is 0 Å². The molecule has 3 aromatic rings. The van der Waals surface area contributed by atoms with Crippen molar-refractivity contribution in [1.82, 2.24) is 30.0 Å². The molecule has 0 aliphatic heterocycles. The van der Waals surface area contributed by atoms with E-state index in [1.54, 1.807) is 0 Å². The van der Waals surface area contributed by atoms with Crippen LogP contribution in [0.25, 0.3) is 5.69 Å². The molecular formula is C12H7BrF3N7O2. The number of hydrogen-bond acceptors (Lipinski definition) is 6. The molecule has 1 aromatic carbocycles. The van der Waals surface area contributed by atoms with Gasteiger partial charge in [-0.15, -0.1) is 5.10 Å². The average Bonchev–Trinajstić information content (AvgIpc) is 3.13. The molecule has 0 fully saturated rings. The SMILES string of the molecule is O=[N+]([O-])c1nn(Cc2nnnn2-c2ccc(C(F)(F)F)cc2)cc1Br. The Hall–Kier alpha value is -2.83. The molecule has 0 N–H and O–H groups in total. The second-order valence-corrected chi connectivity index (χ2v) is 5.66. The fraction of sp³-hybridized carbons (Fsp3) is 0.167. The van der Waals surface area contributed by atoms with Crippen molar-refractivity contribution in [3.8, 4) is 5.69 Å². The summed E-state index contributed by atoms with van der Waals surface area (Å²) in [5.74, 6) is -0.127. The minimum absolute atomic E-state index is 0.0134. The van der Waals surface area contributed by atoms with Gasteiger partial charge in [0.05, 0.1) is 22.5 Å². The number of nitrogens with zero attached hydrogens (tertiary/aromatic N) is 7. The molecule has 0 atom stereocenters. The van der Waals surface area contributed by atoms with Crippen molar-refractivity contribution < 1.29 is 18.1 Å². The van der Waals surface area contributed by atoms with Crippen LogP contribution in [0.15, 0.2) is 34.9 Å². The van der Waals surface area contributed by atoms with E-state index in [0.29, 0.717) is 5.69 Å². The van der Waals surface area contributed by atoms with E-state index in [2.05, 4.69) is 36.6 Å². The largest absolute Gasteiger partial charge is 0.416 e. The minimum Gasteiger partial charge on any atom is -0.358 e. The lowest BCUT2D eigenvalue weighted by atomic mass is 10.2. The third-order valence-electron chi connectivity index (χ3n) is 3.15. The molecule has 0 saturated heterocycles. The van der Waals surface area contributed by atoms with Crippen molar-refractivity contribution in [3.63, 3.8) is 0 Å². The highest BCUT2D eigenvalue weighted by molar-refractivity contribution is 9.10. The zero-order chi connectivity index (χ0) is 18.2. The molecule has 9 nitrogen and oxygen atoms in total. The fourth-order valence-corrected chi connectivity index (χ4v) is 2.49. The molecule has 3 rings (SSSR count). The molecule has 130 valence electrons. The highest BCUT2D eigenvalue weighted by atomic mass is 79.9. The smallest absolute Gasteiger partial charge is 0.358 e. The lowest BCUT2D eigenvalue weighted by molar-refractivity contribution is -0.390. The first-order chi connectivity index (χ1) is 11.8. The van der Waals surface area contributed by atoms with Crippen LogP contribution in [0.1, 0.15) is 11.4 Å². The van der Waals surface area contributed by atoms with Crippen LogP contribution in [0.2, 0.25) is 0 Å². The molecule has 0 spiro atoms. The Balaban J connectivity index is 1.88. The Morgan fingerprint density at radius 2 is 1.92 bits per heavy atom. The molecule has 2 aromatic heterocycles. The minimum atomic E-state index is -4.44. The topological polar surface area (TPSA) is 105 Å². The molecule has 2 heterocycles. The number of aromatic nitrogens is 6. The van der Waals surface area contributed by atoms with Crippen molar-refractivity contribution in [2.75, 3.05) is 0 Å². The van der Waals surface area contributed by atoms with Crippen molar-refractivity contribution >= 4 is 21.7 Å². The van der Waals surface area contributed by atoms with Crippen LogP contribution >= 0.6 is 15.9 Å². The number of nitro groups is 1. The summed E-state index contributed by atoms with van der Waals surface area (Å²) in [4.78, 5) is 10.1. The predicted molar refractivity (Wildman–Crippen MR) is 79.8 cm³/mol. The second kappa shape index (κ2) is 6.23. The van der Waals surface area contributed by atoms with Gasteiger partial charge in [-0.05, 0) is 55.5 Å². The van der Waals surface area contributed by atoms with Crippen LogP contribution in [0.3, 0.4) is 0 Å². The number of halogens is 4. The Morgan fingerprint density at radius 1 is 1.24 bits per heavy atom. The number of alkyl halides is 3. The summed E-state index contributed by atoms with van der Waals surface area (Å²) in [6.07, 6.45) is -3.06. The van der Waals surface area contributed by atoms with Gasteiger partial charge in [0.2, 0.25) is 0 Å². The molecule has 0 amide bonds. The standard InChI is InChI=1S/C12H7BrF3N7O2/c13-9-5-21(18-11(9)23(24)25)6-10-17-19-20-22(10)8-3-1-7(2-4-8)12(14,15)16/h1-5H,6H2. The lowest BCUT2D eigenvalue weighted by Gasteiger charge is -2.08. The van der Waals surface area contributed by atoms with E-state index in [9.17, 15) is 23.3 Å². The maximum atomic E-state index is 12.6. The van der Waals surface area contributed by atoms with Gasteiger partial charge in [0.1, 0.15) is 11.0 Å². The summed E-state index contributed by atoms with van der Waals surface area (Å²) < 4.78 is 40.5. The molecule has 0 radical (unpaired) electrons. The van der Waals surface area contributed by atoms with Crippen LogP contribution < -0.4 is 0 Å². The van der Waals surface area contributed by atoms with E-state index in [0.717, 1.165) is 12.1 Å². The van der Waals surface area contributed by atoms with Gasteiger partial charge < -0.3 is 10.1 Å². The monoisotopic (exact) mass is 417 g/mol. The van der Waals surface area contributed by atoms with Gasteiger partial charge >= 0.3 is 12.0 Å². The first kappa shape index (κ1) is 17.0. The maximum absolute atomic E-state index is 12.6. The zero-order valence-electron chi connectivity index (χ0n) is 12.1. The predicted octanol–water partition coefficient (Wildman–Crippen LogP) is 2.60. The van der Waals surface area contributed by atoms with Crippen molar-refractivity contribution in [3.05, 3.63) is 56.4 Å². The normalized spacial score (nSPS) is 11.7. The van der Waals surface area contributed by atoms with Gasteiger partial charge in [0, 0.05) is 0 Å². The molecule has 0 unspecified atom stereocenters. The fourth-order valence-electron chi connectivity index (χ4n) is 2.03. The summed E-state index contributed by atoms with van der Waals surface area (Å²) in [5.41, 5.74) is -0.480. The number of tetrazole rings is 1. The van der Waals surface area contributed by atoms with E-state index in [-0.39, 0.29) is 22.7 Å². The van der Waals surface area contributed by atoms with Crippen molar-refractivity contribution in [1.29, 1.82) is 0 Å². The van der Waals surface area contributed by atoms with E-state index in [1.165, 1.54) is 27.7 Å². The second-order valence-electron chi connectivity index (χ2n) is 4.81. The summed E-state index contributed by atoms with van der Waals surface area (Å²) in [6, 6.07) is 4.28. The third kappa shape index (κ3) is 3.50. The summed E-state index contributed by atoms with van der Waals surface area (Å²) in [7, 11) is 0. The van der Waals surface area contributed by atoms with E-state index in [4.69, 9.17) is 0 Å². The molecule has 0 bridgehead atoms. The Kier molecular flexibility index (Phi) is 4.24. The maximum Gasteiger partial charge on any atom is 0.416 e. The van der Waals surface area contributed by atoms with Gasteiger partial charge in [-0.1, -0.05) is 0 Å². The first-order valence-electron chi connectivity index (χ1n) is 6.58. The van der Waals surface area contributed by atoms with Crippen molar-refractivity contribution in [2.24, 2.45) is 0 Å². The van der Waals surface area contributed by atoms with E-state index < -0.39 is 16.7 Å². The highest BCUT2D eigenvalue weighted by Gasteiger charge is 2.30. The zero-order valence-corrected chi connectivity index (χ0v) is 13.6. The molecule has 0 aliphatic carbocycles. The lowest BCUT2D eigenvalue weighted by Crippen LogP contribution is -2.10. The van der Waals surface area contributed by atoms with Gasteiger partial charge in [0.15, 0.2) is 5.82 Å². The number of rotatable bonds is 4. The molecular weight excluding hydrogens is 411 g/mol. The number of benzene rings is 1. The number of hydrogen-bond donors (Lipinski definition) is 0. The highest BCUT2D eigenvalue weighted by Crippen LogP contribution is 2.29. The van der Waals surface area contributed by atoms with Crippen LogP contribution in [-0.4, -0.2) is 34.9 Å². The summed E-state index contributed by atoms with van der Waals surface area (Å²) in [5, 5.41) is 25.6. The molecule has 25 heavy (non-hydrogen) atoms. The van der Waals surface area contributed by atoms with Gasteiger partial charge in [-0.25, -0.2) is 0 Å². The van der Waals surface area contributed by atoms with Crippen LogP contribution in [0.4, 0.5) is 19.0 Å². The van der Waals surface area contributed by atoms with Gasteiger partial charge in [-0.2, -0.15) is 22.5 Å². The molecule has 0 aliphatic rings. The first-order valence-corrected chi connectivity index (χ1v) is 7.37. The quantitative estimate of drug-likeness (QED) is 0.477. The average molecular weight is 418 g/mol. The Labute approximate surface area is 145 Å². The third-order valence-corrected chi connectivity index (χ3v) is 3.71. The van der Waals surface area contributed by atoms with E-state index >= 15 is 0 Å². The van der Waals surface area contributed by atoms with Crippen LogP contribution in [-0.2, 0) is 12.7 Å². The van der Waals surface area contributed by atoms with Crippen LogP contribution in [0, 0.1) is 10.1 Å². The van der Waals surface area contributed by atoms with Gasteiger partial charge in [-0.3, -0.25) is 0 Å².